The molecule has 0 radical (unpaired) electrons. The molecule has 0 atom stereocenters. The molecule has 0 unspecified atom stereocenters. The van der Waals surface area contributed by atoms with Crippen LogP contribution in [0.3, 0.4) is 0 Å². The third kappa shape index (κ3) is 4.56. The molecule has 122 valence electrons. The van der Waals surface area contributed by atoms with Crippen molar-refractivity contribution < 1.29 is 8.78 Å². The van der Waals surface area contributed by atoms with Crippen molar-refractivity contribution in [1.29, 1.82) is 0 Å². The van der Waals surface area contributed by atoms with E-state index in [9.17, 15) is 8.78 Å². The summed E-state index contributed by atoms with van der Waals surface area (Å²) in [6, 6.07) is 5.71. The molecule has 0 bridgehead atoms. The standard InChI is InChI=1S/C17H18BrF2N3/c18-15-7-13(9-21-10-15)11-22-3-5-23(6-4-22)12-14-8-16(19)1-2-17(14)20/h1-2,7-10H,3-6,11-12H2. The number of hydrogen-bond donors (Lipinski definition) is 0. The van der Waals surface area contributed by atoms with Gasteiger partial charge in [-0.2, -0.15) is 0 Å². The lowest BCUT2D eigenvalue weighted by atomic mass is 10.1. The molecule has 0 amide bonds. The van der Waals surface area contributed by atoms with Gasteiger partial charge in [0.1, 0.15) is 11.6 Å². The average Bonchev–Trinajstić information content (AvgIpc) is 2.53. The van der Waals surface area contributed by atoms with E-state index in [1.165, 1.54) is 17.7 Å². The molecule has 0 aliphatic carbocycles. The highest BCUT2D eigenvalue weighted by Crippen LogP contribution is 2.16. The van der Waals surface area contributed by atoms with E-state index in [0.717, 1.165) is 43.3 Å². The molecule has 1 saturated heterocycles. The van der Waals surface area contributed by atoms with Crippen LogP contribution in [-0.4, -0.2) is 41.0 Å². The zero-order valence-corrected chi connectivity index (χ0v) is 14.3. The van der Waals surface area contributed by atoms with Crippen molar-refractivity contribution in [2.45, 2.75) is 13.1 Å². The predicted molar refractivity (Wildman–Crippen MR) is 88.8 cm³/mol. The summed E-state index contributed by atoms with van der Waals surface area (Å²) in [6.07, 6.45) is 3.65. The highest BCUT2D eigenvalue weighted by molar-refractivity contribution is 9.10. The van der Waals surface area contributed by atoms with Crippen LogP contribution in [0.2, 0.25) is 0 Å². The van der Waals surface area contributed by atoms with Crippen LogP contribution in [0.5, 0.6) is 0 Å². The van der Waals surface area contributed by atoms with Crippen molar-refractivity contribution >= 4 is 15.9 Å². The molecule has 0 N–H and O–H groups in total. The summed E-state index contributed by atoms with van der Waals surface area (Å²) < 4.78 is 27.9. The van der Waals surface area contributed by atoms with Crippen LogP contribution in [0, 0.1) is 11.6 Å². The molecule has 0 spiro atoms. The van der Waals surface area contributed by atoms with Gasteiger partial charge in [-0.25, -0.2) is 8.78 Å². The number of hydrogen-bond acceptors (Lipinski definition) is 3. The maximum absolute atomic E-state index is 13.7. The summed E-state index contributed by atoms with van der Waals surface area (Å²) in [5.41, 5.74) is 1.60. The minimum Gasteiger partial charge on any atom is -0.296 e. The largest absolute Gasteiger partial charge is 0.296 e. The SMILES string of the molecule is Fc1ccc(F)c(CN2CCN(Cc3cncc(Br)c3)CC2)c1. The van der Waals surface area contributed by atoms with Gasteiger partial charge in [0.25, 0.3) is 0 Å². The van der Waals surface area contributed by atoms with Crippen molar-refractivity contribution in [3.63, 3.8) is 0 Å². The highest BCUT2D eigenvalue weighted by Gasteiger charge is 2.18. The first-order valence-electron chi connectivity index (χ1n) is 7.58. The van der Waals surface area contributed by atoms with Gasteiger partial charge in [-0.3, -0.25) is 14.8 Å². The van der Waals surface area contributed by atoms with Crippen molar-refractivity contribution in [2.24, 2.45) is 0 Å². The Bertz CT molecular complexity index is 673. The Morgan fingerprint density at radius 3 is 2.35 bits per heavy atom. The third-order valence-electron chi connectivity index (χ3n) is 4.03. The van der Waals surface area contributed by atoms with E-state index in [0.29, 0.717) is 12.1 Å². The quantitative estimate of drug-likeness (QED) is 0.808. The van der Waals surface area contributed by atoms with Crippen LogP contribution in [0.25, 0.3) is 0 Å². The van der Waals surface area contributed by atoms with E-state index in [2.05, 4.69) is 36.8 Å². The zero-order chi connectivity index (χ0) is 16.2. The van der Waals surface area contributed by atoms with E-state index in [-0.39, 0.29) is 11.6 Å². The number of nitrogens with zero attached hydrogens (tertiary/aromatic N) is 3. The van der Waals surface area contributed by atoms with E-state index < -0.39 is 0 Å². The first-order chi connectivity index (χ1) is 11.1. The Kier molecular flexibility index (Phi) is 5.35. The summed E-state index contributed by atoms with van der Waals surface area (Å²) in [4.78, 5) is 8.69. The molecule has 1 fully saturated rings. The lowest BCUT2D eigenvalue weighted by Gasteiger charge is -2.34. The number of rotatable bonds is 4. The topological polar surface area (TPSA) is 19.4 Å². The smallest absolute Gasteiger partial charge is 0.127 e. The summed E-state index contributed by atoms with van der Waals surface area (Å²) in [5.74, 6) is -0.726. The van der Waals surface area contributed by atoms with Crippen LogP contribution in [0.15, 0.2) is 41.1 Å². The van der Waals surface area contributed by atoms with E-state index in [4.69, 9.17) is 0 Å². The second-order valence-electron chi connectivity index (χ2n) is 5.80. The average molecular weight is 382 g/mol. The summed E-state index contributed by atoms with van der Waals surface area (Å²) in [5, 5.41) is 0. The third-order valence-corrected chi connectivity index (χ3v) is 4.47. The fourth-order valence-corrected chi connectivity index (χ4v) is 3.22. The van der Waals surface area contributed by atoms with Gasteiger partial charge < -0.3 is 0 Å². The second-order valence-corrected chi connectivity index (χ2v) is 6.72. The van der Waals surface area contributed by atoms with Gasteiger partial charge in [-0.1, -0.05) is 0 Å². The van der Waals surface area contributed by atoms with Crippen LogP contribution in [0.1, 0.15) is 11.1 Å². The van der Waals surface area contributed by atoms with E-state index in [1.807, 2.05) is 6.20 Å². The summed E-state index contributed by atoms with van der Waals surface area (Å²) >= 11 is 3.43. The minimum absolute atomic E-state index is 0.339. The Morgan fingerprint density at radius 2 is 1.65 bits per heavy atom. The lowest BCUT2D eigenvalue weighted by Crippen LogP contribution is -2.45. The molecule has 1 aromatic carbocycles. The fraction of sp³-hybridized carbons (Fsp3) is 0.353. The summed E-state index contributed by atoms with van der Waals surface area (Å²) in [7, 11) is 0. The minimum atomic E-state index is -0.387. The fourth-order valence-electron chi connectivity index (χ4n) is 2.81. The molecule has 1 aliphatic heterocycles. The van der Waals surface area contributed by atoms with Gasteiger partial charge in [-0.15, -0.1) is 0 Å². The molecule has 6 heteroatoms. The van der Waals surface area contributed by atoms with Gasteiger partial charge in [0.15, 0.2) is 0 Å². The van der Waals surface area contributed by atoms with Crippen molar-refractivity contribution in [1.82, 2.24) is 14.8 Å². The van der Waals surface area contributed by atoms with Gasteiger partial charge >= 0.3 is 0 Å². The molecular weight excluding hydrogens is 364 g/mol. The molecule has 23 heavy (non-hydrogen) atoms. The number of halogens is 3. The number of aromatic nitrogens is 1. The number of pyridine rings is 1. The maximum atomic E-state index is 13.7. The van der Waals surface area contributed by atoms with Crippen molar-refractivity contribution in [3.05, 3.63) is 63.9 Å². The van der Waals surface area contributed by atoms with Gasteiger partial charge in [0, 0.05) is 61.7 Å². The number of benzene rings is 1. The molecule has 2 heterocycles. The van der Waals surface area contributed by atoms with Crippen LogP contribution in [0.4, 0.5) is 8.78 Å². The lowest BCUT2D eigenvalue weighted by molar-refractivity contribution is 0.121. The first-order valence-corrected chi connectivity index (χ1v) is 8.37. The van der Waals surface area contributed by atoms with Crippen LogP contribution in [-0.2, 0) is 13.1 Å². The molecule has 1 aliphatic rings. The molecule has 2 aromatic rings. The Hall–Kier alpha value is -1.37. The molecule has 3 nitrogen and oxygen atoms in total. The zero-order valence-electron chi connectivity index (χ0n) is 12.7. The van der Waals surface area contributed by atoms with Gasteiger partial charge in [0.05, 0.1) is 0 Å². The Morgan fingerprint density at radius 1 is 0.957 bits per heavy atom. The monoisotopic (exact) mass is 381 g/mol. The van der Waals surface area contributed by atoms with Crippen molar-refractivity contribution in [3.8, 4) is 0 Å². The van der Waals surface area contributed by atoms with Crippen LogP contribution < -0.4 is 0 Å². The Balaban J connectivity index is 1.53. The number of piperazine rings is 1. The van der Waals surface area contributed by atoms with E-state index in [1.54, 1.807) is 6.20 Å². The molecule has 3 rings (SSSR count). The van der Waals surface area contributed by atoms with Crippen LogP contribution >= 0.6 is 15.9 Å². The van der Waals surface area contributed by atoms with Gasteiger partial charge in [0.2, 0.25) is 0 Å². The predicted octanol–water partition coefficient (Wildman–Crippen LogP) is 3.44. The first kappa shape index (κ1) is 16.5. The second kappa shape index (κ2) is 7.47. The summed E-state index contributed by atoms with van der Waals surface area (Å²) in [6.45, 7) is 4.81. The normalized spacial score (nSPS) is 16.7. The molecule has 0 saturated carbocycles. The van der Waals surface area contributed by atoms with E-state index >= 15 is 0 Å². The maximum Gasteiger partial charge on any atom is 0.127 e. The Labute approximate surface area is 143 Å². The highest BCUT2D eigenvalue weighted by atomic mass is 79.9. The van der Waals surface area contributed by atoms with Crippen molar-refractivity contribution in [2.75, 3.05) is 26.2 Å². The van der Waals surface area contributed by atoms with Gasteiger partial charge in [-0.05, 0) is 45.8 Å². The molecular formula is C17H18BrF2N3. The molecule has 1 aromatic heterocycles.